The number of carbonyl (C=O) groups excluding carboxylic acids is 3. The van der Waals surface area contributed by atoms with E-state index in [-0.39, 0.29) is 36.5 Å². The maximum atomic E-state index is 12.8. The first-order valence-corrected chi connectivity index (χ1v) is 9.23. The van der Waals surface area contributed by atoms with Gasteiger partial charge in [0.25, 0.3) is 0 Å². The molecule has 0 aliphatic carbocycles. The van der Waals surface area contributed by atoms with Crippen LogP contribution in [0.5, 0.6) is 0 Å². The van der Waals surface area contributed by atoms with Crippen molar-refractivity contribution in [1.82, 2.24) is 15.1 Å². The monoisotopic (exact) mass is 369 g/mol. The lowest BCUT2D eigenvalue weighted by molar-refractivity contribution is -0.135. The van der Waals surface area contributed by atoms with E-state index >= 15 is 0 Å². The summed E-state index contributed by atoms with van der Waals surface area (Å²) in [5.41, 5.74) is -0.514. The number of ether oxygens (including phenoxy) is 1. The number of rotatable bonds is 6. The summed E-state index contributed by atoms with van der Waals surface area (Å²) in [5, 5.41) is 11.7. The quantitative estimate of drug-likeness (QED) is 0.662. The molecule has 2 fully saturated rings. The van der Waals surface area contributed by atoms with Crippen molar-refractivity contribution in [1.29, 1.82) is 0 Å². The van der Waals surface area contributed by atoms with Crippen molar-refractivity contribution in [3.63, 3.8) is 0 Å². The average molecular weight is 369 g/mol. The number of likely N-dealkylation sites (tertiary alicyclic amines) is 2. The Hall–Kier alpha value is -1.83. The lowest BCUT2D eigenvalue weighted by atomic mass is 9.98. The summed E-state index contributed by atoms with van der Waals surface area (Å²) in [5.74, 6) is 0.104. The Bertz CT molecular complexity index is 519. The van der Waals surface area contributed by atoms with Gasteiger partial charge in [0.15, 0.2) is 0 Å². The summed E-state index contributed by atoms with van der Waals surface area (Å²) in [6.07, 6.45) is 0.622. The molecule has 2 aliphatic heterocycles. The molecule has 2 aliphatic rings. The van der Waals surface area contributed by atoms with Crippen LogP contribution in [0, 0.1) is 17.8 Å². The van der Waals surface area contributed by atoms with E-state index in [1.807, 2.05) is 25.7 Å². The molecule has 2 rings (SSSR count). The Morgan fingerprint density at radius 2 is 1.73 bits per heavy atom. The van der Waals surface area contributed by atoms with Gasteiger partial charge in [0, 0.05) is 50.7 Å². The maximum absolute atomic E-state index is 12.8. The van der Waals surface area contributed by atoms with Crippen molar-refractivity contribution in [2.75, 3.05) is 32.8 Å². The van der Waals surface area contributed by atoms with Crippen molar-refractivity contribution >= 4 is 18.4 Å². The third-order valence-electron chi connectivity index (χ3n) is 5.16. The van der Waals surface area contributed by atoms with Gasteiger partial charge in [-0.25, -0.2) is 4.79 Å². The molecule has 148 valence electrons. The van der Waals surface area contributed by atoms with E-state index in [9.17, 15) is 14.4 Å². The van der Waals surface area contributed by atoms with Gasteiger partial charge in [0.1, 0.15) is 5.60 Å². The molecular formula is C18H31N3O5. The molecule has 0 aromatic carbocycles. The smallest absolute Gasteiger partial charge is 0.410 e. The minimum absolute atomic E-state index is 0.0176. The highest BCUT2D eigenvalue weighted by molar-refractivity contribution is 5.80. The van der Waals surface area contributed by atoms with Gasteiger partial charge in [-0.3, -0.25) is 9.59 Å². The van der Waals surface area contributed by atoms with E-state index in [1.54, 1.807) is 11.8 Å². The molecule has 26 heavy (non-hydrogen) atoms. The summed E-state index contributed by atoms with van der Waals surface area (Å²) >= 11 is 0. The Kier molecular flexibility index (Phi) is 6.49. The average Bonchev–Trinajstić information content (AvgIpc) is 3.10. The largest absolute Gasteiger partial charge is 0.444 e. The van der Waals surface area contributed by atoms with Gasteiger partial charge in [-0.05, 0) is 27.2 Å². The maximum Gasteiger partial charge on any atom is 0.410 e. The topological polar surface area (TPSA) is 99.2 Å². The van der Waals surface area contributed by atoms with Crippen molar-refractivity contribution in [3.8, 4) is 0 Å². The van der Waals surface area contributed by atoms with Crippen LogP contribution in [0.1, 0.15) is 34.1 Å². The normalized spacial score (nSPS) is 24.8. The summed E-state index contributed by atoms with van der Waals surface area (Å²) in [4.78, 5) is 39.2. The van der Waals surface area contributed by atoms with E-state index in [2.05, 4.69) is 5.32 Å². The van der Waals surface area contributed by atoms with Crippen LogP contribution in [0.4, 0.5) is 4.79 Å². The molecule has 0 aromatic heterocycles. The number of nitrogens with zero attached hydrogens (tertiary/aromatic N) is 2. The van der Waals surface area contributed by atoms with Gasteiger partial charge in [-0.15, -0.1) is 0 Å². The summed E-state index contributed by atoms with van der Waals surface area (Å²) in [7, 11) is 0. The number of carbonyl (C=O) groups is 3. The van der Waals surface area contributed by atoms with Gasteiger partial charge in [-0.2, -0.15) is 0 Å². The van der Waals surface area contributed by atoms with E-state index in [0.717, 1.165) is 0 Å². The molecule has 8 heteroatoms. The van der Waals surface area contributed by atoms with Gasteiger partial charge in [0.05, 0.1) is 5.92 Å². The van der Waals surface area contributed by atoms with Crippen LogP contribution >= 0.6 is 0 Å². The van der Waals surface area contributed by atoms with Gasteiger partial charge in [0.2, 0.25) is 12.3 Å². The number of hydrogen-bond donors (Lipinski definition) is 2. The number of fused-ring (bicyclic) bond motifs is 1. The lowest BCUT2D eigenvalue weighted by Crippen LogP contribution is -2.45. The van der Waals surface area contributed by atoms with E-state index in [4.69, 9.17) is 9.84 Å². The fourth-order valence-corrected chi connectivity index (χ4v) is 3.81. The molecular weight excluding hydrogens is 338 g/mol. The second-order valence-corrected chi connectivity index (χ2v) is 8.34. The molecule has 2 heterocycles. The molecule has 0 aromatic rings. The first-order chi connectivity index (χ1) is 12.2. The van der Waals surface area contributed by atoms with Crippen LogP contribution in [0.3, 0.4) is 0 Å². The number of hydrogen-bond acceptors (Lipinski definition) is 5. The van der Waals surface area contributed by atoms with Crippen molar-refractivity contribution in [3.05, 3.63) is 0 Å². The number of nitrogens with one attached hydrogen (secondary N) is 1. The lowest BCUT2D eigenvalue weighted by Gasteiger charge is -2.28. The molecule has 0 bridgehead atoms. The van der Waals surface area contributed by atoms with Crippen LogP contribution in [0.25, 0.3) is 0 Å². The Labute approximate surface area is 154 Å². The molecule has 3 amide bonds. The van der Waals surface area contributed by atoms with E-state index in [0.29, 0.717) is 39.0 Å². The van der Waals surface area contributed by atoms with Crippen LogP contribution in [-0.4, -0.2) is 77.7 Å². The third-order valence-corrected chi connectivity index (χ3v) is 5.16. The highest BCUT2D eigenvalue weighted by Crippen LogP contribution is 2.33. The van der Waals surface area contributed by atoms with E-state index < -0.39 is 11.5 Å². The van der Waals surface area contributed by atoms with Crippen LogP contribution < -0.4 is 5.32 Å². The summed E-state index contributed by atoms with van der Waals surface area (Å²) in [6, 6.07) is -0.372. The van der Waals surface area contributed by atoms with E-state index in [1.165, 1.54) is 0 Å². The molecule has 0 saturated carbocycles. The van der Waals surface area contributed by atoms with Crippen LogP contribution in [0.2, 0.25) is 0 Å². The number of aliphatic hydroxyl groups excluding tert-OH is 1. The predicted octanol–water partition coefficient (Wildman–Crippen LogP) is 0.445. The zero-order valence-electron chi connectivity index (χ0n) is 16.1. The minimum atomic E-state index is -0.514. The standard InChI is InChI=1S/C18H31N3O5/c1-12(15(5-6-22)19-11-23)16(24)20-7-13-9-21(10-14(13)8-20)17(25)26-18(2,3)4/h11-15,22H,5-10H2,1-4H3,(H,19,23). The molecule has 0 radical (unpaired) electrons. The summed E-state index contributed by atoms with van der Waals surface area (Å²) in [6.45, 7) is 9.66. The zero-order chi connectivity index (χ0) is 19.5. The number of amides is 3. The van der Waals surface area contributed by atoms with Crippen LogP contribution in [-0.2, 0) is 14.3 Å². The Morgan fingerprint density at radius 1 is 1.19 bits per heavy atom. The number of aliphatic hydroxyl groups is 1. The van der Waals surface area contributed by atoms with Crippen molar-refractivity contribution in [2.24, 2.45) is 17.8 Å². The fourth-order valence-electron chi connectivity index (χ4n) is 3.81. The highest BCUT2D eigenvalue weighted by Gasteiger charge is 2.45. The predicted molar refractivity (Wildman–Crippen MR) is 95.2 cm³/mol. The molecule has 0 spiro atoms. The summed E-state index contributed by atoms with van der Waals surface area (Å²) < 4.78 is 5.43. The first kappa shape index (κ1) is 20.5. The zero-order valence-corrected chi connectivity index (χ0v) is 16.1. The van der Waals surface area contributed by atoms with Crippen molar-refractivity contribution < 1.29 is 24.2 Å². The molecule has 2 N–H and O–H groups in total. The van der Waals surface area contributed by atoms with Gasteiger partial charge < -0.3 is 25.0 Å². The SMILES string of the molecule is CC(C(=O)N1CC2CN(C(=O)OC(C)(C)C)CC2C1)C(CCO)NC=O. The van der Waals surface area contributed by atoms with Crippen molar-refractivity contribution in [2.45, 2.75) is 45.8 Å². The second kappa shape index (κ2) is 8.24. The van der Waals surface area contributed by atoms with Gasteiger partial charge in [-0.1, -0.05) is 6.92 Å². The highest BCUT2D eigenvalue weighted by atomic mass is 16.6. The molecule has 4 unspecified atom stereocenters. The third kappa shape index (κ3) is 4.87. The second-order valence-electron chi connectivity index (χ2n) is 8.34. The fraction of sp³-hybridized carbons (Fsp3) is 0.833. The molecule has 2 saturated heterocycles. The molecule has 4 atom stereocenters. The molecule has 8 nitrogen and oxygen atoms in total. The Morgan fingerprint density at radius 3 is 2.19 bits per heavy atom. The van der Waals surface area contributed by atoms with Gasteiger partial charge >= 0.3 is 6.09 Å². The van der Waals surface area contributed by atoms with Crippen LogP contribution in [0.15, 0.2) is 0 Å². The minimum Gasteiger partial charge on any atom is -0.444 e. The first-order valence-electron chi connectivity index (χ1n) is 9.23. The Balaban J connectivity index is 1.89.